The number of rotatable bonds is 6. The first-order chi connectivity index (χ1) is 11.4. The molecule has 1 amide bonds. The van der Waals surface area contributed by atoms with Gasteiger partial charge in [-0.2, -0.15) is 0 Å². The van der Waals surface area contributed by atoms with Crippen LogP contribution in [0.3, 0.4) is 0 Å². The maximum absolute atomic E-state index is 12.2. The first kappa shape index (κ1) is 18.5. The monoisotopic (exact) mass is 389 g/mol. The number of hydrogen-bond acceptors (Lipinski definition) is 2. The molecule has 1 N–H and O–H groups in total. The summed E-state index contributed by atoms with van der Waals surface area (Å²) in [4.78, 5) is 12.2. The molecule has 0 aliphatic carbocycles. The summed E-state index contributed by atoms with van der Waals surface area (Å²) in [5.41, 5.74) is 4.75. The number of hydrogen-bond donors (Lipinski definition) is 1. The number of benzene rings is 2. The molecule has 0 aliphatic heterocycles. The molecule has 0 aromatic heterocycles. The maximum atomic E-state index is 12.2. The van der Waals surface area contributed by atoms with E-state index in [-0.39, 0.29) is 18.6 Å². The number of aryl methyl sites for hydroxylation is 3. The number of ether oxygens (including phenoxy) is 1. The zero-order valence-corrected chi connectivity index (χ0v) is 16.2. The molecule has 0 saturated carbocycles. The van der Waals surface area contributed by atoms with Gasteiger partial charge in [0.1, 0.15) is 5.75 Å². The van der Waals surface area contributed by atoms with Gasteiger partial charge in [-0.05, 0) is 71.9 Å². The van der Waals surface area contributed by atoms with Crippen molar-refractivity contribution in [3.8, 4) is 5.75 Å². The van der Waals surface area contributed by atoms with Gasteiger partial charge in [-0.3, -0.25) is 4.79 Å². The van der Waals surface area contributed by atoms with Crippen LogP contribution in [0.25, 0.3) is 0 Å². The number of halogens is 1. The van der Waals surface area contributed by atoms with Crippen LogP contribution in [-0.4, -0.2) is 12.5 Å². The summed E-state index contributed by atoms with van der Waals surface area (Å²) < 4.78 is 6.50. The molecule has 2 aromatic carbocycles. The predicted molar refractivity (Wildman–Crippen MR) is 101 cm³/mol. The summed E-state index contributed by atoms with van der Waals surface area (Å²) in [7, 11) is 0. The molecule has 0 aliphatic rings. The van der Waals surface area contributed by atoms with E-state index in [1.807, 2.05) is 25.1 Å². The summed E-state index contributed by atoms with van der Waals surface area (Å²) >= 11 is 3.49. The molecule has 0 saturated heterocycles. The molecular formula is C20H24BrNO2. The zero-order chi connectivity index (χ0) is 17.7. The Kier molecular flexibility index (Phi) is 6.44. The third kappa shape index (κ3) is 4.84. The zero-order valence-electron chi connectivity index (χ0n) is 14.7. The van der Waals surface area contributed by atoms with Crippen LogP contribution in [0.2, 0.25) is 0 Å². The van der Waals surface area contributed by atoms with Crippen molar-refractivity contribution >= 4 is 21.8 Å². The number of carbonyl (C=O) groups excluding carboxylic acids is 1. The number of nitrogens with one attached hydrogen (secondary N) is 1. The SMILES string of the molecule is CCc1ccc(OCC(=O)N[C@@H](C)c2ccc(C)cc2C)c(Br)c1. The maximum Gasteiger partial charge on any atom is 0.258 e. The van der Waals surface area contributed by atoms with Crippen molar-refractivity contribution in [1.82, 2.24) is 5.32 Å². The third-order valence-corrected chi connectivity index (χ3v) is 4.65. The highest BCUT2D eigenvalue weighted by Crippen LogP contribution is 2.26. The van der Waals surface area contributed by atoms with Crippen LogP contribution in [0.1, 0.15) is 42.1 Å². The van der Waals surface area contributed by atoms with Crippen LogP contribution in [0.15, 0.2) is 40.9 Å². The van der Waals surface area contributed by atoms with Crippen molar-refractivity contribution in [1.29, 1.82) is 0 Å². The summed E-state index contributed by atoms with van der Waals surface area (Å²) in [6.07, 6.45) is 0.965. The average molecular weight is 390 g/mol. The predicted octanol–water partition coefficient (Wildman–Crippen LogP) is 4.88. The Bertz CT molecular complexity index is 728. The van der Waals surface area contributed by atoms with Crippen LogP contribution in [0.4, 0.5) is 0 Å². The molecular weight excluding hydrogens is 366 g/mol. The Morgan fingerprint density at radius 2 is 1.96 bits per heavy atom. The lowest BCUT2D eigenvalue weighted by molar-refractivity contribution is -0.123. The molecule has 0 fully saturated rings. The third-order valence-electron chi connectivity index (χ3n) is 4.03. The molecule has 1 atom stereocenters. The lowest BCUT2D eigenvalue weighted by Gasteiger charge is -2.17. The van der Waals surface area contributed by atoms with Crippen molar-refractivity contribution in [2.45, 2.75) is 40.2 Å². The number of amides is 1. The van der Waals surface area contributed by atoms with Crippen molar-refractivity contribution < 1.29 is 9.53 Å². The van der Waals surface area contributed by atoms with E-state index in [1.54, 1.807) is 0 Å². The Labute approximate surface area is 152 Å². The lowest BCUT2D eigenvalue weighted by Crippen LogP contribution is -2.31. The number of carbonyl (C=O) groups is 1. The molecule has 0 spiro atoms. The lowest BCUT2D eigenvalue weighted by atomic mass is 10.0. The molecule has 4 heteroatoms. The van der Waals surface area contributed by atoms with Gasteiger partial charge in [0.25, 0.3) is 5.91 Å². The van der Waals surface area contributed by atoms with Crippen molar-refractivity contribution in [2.24, 2.45) is 0 Å². The van der Waals surface area contributed by atoms with Gasteiger partial charge >= 0.3 is 0 Å². The summed E-state index contributed by atoms with van der Waals surface area (Å²) in [5.74, 6) is 0.551. The van der Waals surface area contributed by atoms with E-state index in [4.69, 9.17) is 4.74 Å². The molecule has 3 nitrogen and oxygen atoms in total. The molecule has 128 valence electrons. The van der Waals surface area contributed by atoms with E-state index in [2.05, 4.69) is 60.2 Å². The Balaban J connectivity index is 1.93. The van der Waals surface area contributed by atoms with Crippen molar-refractivity contribution in [2.75, 3.05) is 6.61 Å². The van der Waals surface area contributed by atoms with Crippen molar-refractivity contribution in [3.63, 3.8) is 0 Å². The second kappa shape index (κ2) is 8.34. The standard InChI is InChI=1S/C20H24BrNO2/c1-5-16-7-9-19(18(21)11-16)24-12-20(23)22-15(4)17-8-6-13(2)10-14(17)3/h6-11,15H,5,12H2,1-4H3,(H,22,23)/t15-/m0/s1. The average Bonchev–Trinajstić information content (AvgIpc) is 2.53. The van der Waals surface area contributed by atoms with Gasteiger partial charge in [-0.1, -0.05) is 36.8 Å². The Morgan fingerprint density at radius 3 is 2.58 bits per heavy atom. The quantitative estimate of drug-likeness (QED) is 0.763. The van der Waals surface area contributed by atoms with E-state index in [9.17, 15) is 4.79 Å². The second-order valence-corrected chi connectivity index (χ2v) is 6.91. The smallest absolute Gasteiger partial charge is 0.258 e. The second-order valence-electron chi connectivity index (χ2n) is 6.06. The van der Waals surface area contributed by atoms with E-state index in [0.717, 1.165) is 16.5 Å². The Hall–Kier alpha value is -1.81. The van der Waals surface area contributed by atoms with E-state index >= 15 is 0 Å². The fourth-order valence-electron chi connectivity index (χ4n) is 2.70. The highest BCUT2D eigenvalue weighted by atomic mass is 79.9. The summed E-state index contributed by atoms with van der Waals surface area (Å²) in [6, 6.07) is 12.1. The van der Waals surface area contributed by atoms with Gasteiger partial charge in [0.05, 0.1) is 10.5 Å². The largest absolute Gasteiger partial charge is 0.483 e. The Morgan fingerprint density at radius 1 is 1.21 bits per heavy atom. The molecule has 0 heterocycles. The summed E-state index contributed by atoms with van der Waals surface area (Å²) in [6.45, 7) is 8.22. The normalized spacial score (nSPS) is 11.9. The molecule has 0 unspecified atom stereocenters. The van der Waals surface area contributed by atoms with Crippen LogP contribution >= 0.6 is 15.9 Å². The summed E-state index contributed by atoms with van der Waals surface area (Å²) in [5, 5.41) is 2.99. The van der Waals surface area contributed by atoms with Gasteiger partial charge in [0.2, 0.25) is 0 Å². The fourth-order valence-corrected chi connectivity index (χ4v) is 3.24. The minimum Gasteiger partial charge on any atom is -0.483 e. The molecule has 2 rings (SSSR count). The fraction of sp³-hybridized carbons (Fsp3) is 0.350. The van der Waals surface area contributed by atoms with Gasteiger partial charge in [0, 0.05) is 0 Å². The highest BCUT2D eigenvalue weighted by molar-refractivity contribution is 9.10. The van der Waals surface area contributed by atoms with E-state index < -0.39 is 0 Å². The first-order valence-corrected chi connectivity index (χ1v) is 8.97. The minimum absolute atomic E-state index is 0.000674. The molecule has 0 bridgehead atoms. The topological polar surface area (TPSA) is 38.3 Å². The van der Waals surface area contributed by atoms with Gasteiger partial charge in [-0.25, -0.2) is 0 Å². The first-order valence-electron chi connectivity index (χ1n) is 8.18. The molecule has 24 heavy (non-hydrogen) atoms. The van der Waals surface area contributed by atoms with Gasteiger partial charge in [0.15, 0.2) is 6.61 Å². The van der Waals surface area contributed by atoms with Crippen LogP contribution in [0.5, 0.6) is 5.75 Å². The van der Waals surface area contributed by atoms with Gasteiger partial charge < -0.3 is 10.1 Å². The van der Waals surface area contributed by atoms with E-state index in [1.165, 1.54) is 16.7 Å². The van der Waals surface area contributed by atoms with Gasteiger partial charge in [-0.15, -0.1) is 0 Å². The minimum atomic E-state index is -0.131. The molecule has 0 radical (unpaired) electrons. The molecule has 2 aromatic rings. The van der Waals surface area contributed by atoms with E-state index in [0.29, 0.717) is 5.75 Å². The van der Waals surface area contributed by atoms with Crippen LogP contribution in [0, 0.1) is 13.8 Å². The van der Waals surface area contributed by atoms with Crippen LogP contribution < -0.4 is 10.1 Å². The highest BCUT2D eigenvalue weighted by Gasteiger charge is 2.13. The van der Waals surface area contributed by atoms with Crippen molar-refractivity contribution in [3.05, 3.63) is 63.1 Å². The van der Waals surface area contributed by atoms with Crippen LogP contribution in [-0.2, 0) is 11.2 Å².